The summed E-state index contributed by atoms with van der Waals surface area (Å²) in [6.45, 7) is 3.27. The average molecular weight is 682 g/mol. The normalized spacial score (nSPS) is 14.2. The number of unbranched alkanes of at least 4 members (excludes halogenated alkanes) is 9. The second-order valence-electron chi connectivity index (χ2n) is 11.5. The molecule has 0 heterocycles. The molecular formula is C37H64NO8P. The Bertz CT molecular complexity index is 960. The molecule has 2 atom stereocenters. The molecule has 10 heteroatoms. The van der Waals surface area contributed by atoms with Gasteiger partial charge in [-0.1, -0.05) is 120 Å². The zero-order valence-electron chi connectivity index (χ0n) is 29.2. The van der Waals surface area contributed by atoms with Crippen molar-refractivity contribution in [2.75, 3.05) is 26.4 Å². The average Bonchev–Trinajstić information content (AvgIpc) is 3.05. The van der Waals surface area contributed by atoms with Crippen molar-refractivity contribution >= 4 is 19.7 Å². The highest BCUT2D eigenvalue weighted by molar-refractivity contribution is 7.47. The number of phosphoric acid groups is 1. The minimum absolute atomic E-state index is 0.0679. The van der Waals surface area contributed by atoms with Gasteiger partial charge in [-0.2, -0.15) is 0 Å². The van der Waals surface area contributed by atoms with E-state index in [-0.39, 0.29) is 32.1 Å². The molecule has 0 radical (unpaired) electrons. The SMILES string of the molecule is CC/C=C\C/C=C\C/C=C\C/C=C\C/C=C\CCCCCCCC(=O)NCCOP(=O)(O)OCC(O)COC(=O)CCCCCCC. The number of phosphoric ester groups is 1. The predicted molar refractivity (Wildman–Crippen MR) is 192 cm³/mol. The lowest BCUT2D eigenvalue weighted by Gasteiger charge is -2.15. The number of carbonyl (C=O) groups is 2. The second-order valence-corrected chi connectivity index (χ2v) is 12.9. The van der Waals surface area contributed by atoms with Gasteiger partial charge in [-0.3, -0.25) is 18.6 Å². The fraction of sp³-hybridized carbons (Fsp3) is 0.676. The standard InChI is InChI=1S/C37H64NO8P/c1-3-5-7-9-10-11-12-13-14-15-16-17-18-19-20-21-22-23-24-26-27-29-36(40)38-31-32-45-47(42,43)46-34-35(39)33-44-37(41)30-28-25-8-6-4-2/h5,7,10-11,13-14,16-17,19-20,35,39H,3-4,6,8-9,12,15,18,21-34H2,1-2H3,(H,38,40)(H,42,43)/b7-5-,11-10-,14-13-,17-16-,20-19-. The number of nitrogens with one attached hydrogen (secondary N) is 1. The smallest absolute Gasteiger partial charge is 0.463 e. The monoisotopic (exact) mass is 681 g/mol. The van der Waals surface area contributed by atoms with Gasteiger partial charge in [-0.05, 0) is 57.8 Å². The van der Waals surface area contributed by atoms with E-state index in [0.29, 0.717) is 6.42 Å². The van der Waals surface area contributed by atoms with Crippen LogP contribution >= 0.6 is 7.82 Å². The molecule has 0 aliphatic carbocycles. The largest absolute Gasteiger partial charge is 0.472 e. The highest BCUT2D eigenvalue weighted by Gasteiger charge is 2.23. The number of aliphatic hydroxyl groups is 1. The van der Waals surface area contributed by atoms with Crippen molar-refractivity contribution in [3.8, 4) is 0 Å². The molecule has 270 valence electrons. The molecule has 1 amide bonds. The molecule has 0 aromatic heterocycles. The molecule has 0 spiro atoms. The summed E-state index contributed by atoms with van der Waals surface area (Å²) in [6.07, 6.45) is 37.7. The number of rotatable bonds is 32. The lowest BCUT2D eigenvalue weighted by molar-refractivity contribution is -0.147. The van der Waals surface area contributed by atoms with Crippen molar-refractivity contribution in [2.24, 2.45) is 0 Å². The van der Waals surface area contributed by atoms with Crippen LogP contribution in [0.1, 0.15) is 129 Å². The van der Waals surface area contributed by atoms with E-state index in [9.17, 15) is 24.2 Å². The number of esters is 1. The van der Waals surface area contributed by atoms with E-state index < -0.39 is 26.5 Å². The van der Waals surface area contributed by atoms with Gasteiger partial charge >= 0.3 is 13.8 Å². The van der Waals surface area contributed by atoms with Gasteiger partial charge in [0, 0.05) is 19.4 Å². The van der Waals surface area contributed by atoms with Gasteiger partial charge in [0.25, 0.3) is 0 Å². The molecule has 0 aliphatic heterocycles. The molecular weight excluding hydrogens is 617 g/mol. The van der Waals surface area contributed by atoms with Crippen molar-refractivity contribution < 1.29 is 37.9 Å². The predicted octanol–water partition coefficient (Wildman–Crippen LogP) is 8.98. The van der Waals surface area contributed by atoms with Gasteiger partial charge < -0.3 is 20.1 Å². The summed E-state index contributed by atoms with van der Waals surface area (Å²) in [5.74, 6) is -0.555. The molecule has 0 bridgehead atoms. The number of amides is 1. The molecule has 47 heavy (non-hydrogen) atoms. The Morgan fingerprint density at radius 1 is 0.681 bits per heavy atom. The molecule has 0 aromatic carbocycles. The Morgan fingerprint density at radius 2 is 1.21 bits per heavy atom. The first-order chi connectivity index (χ1) is 22.8. The first-order valence-electron chi connectivity index (χ1n) is 17.8. The van der Waals surface area contributed by atoms with Crippen LogP contribution in [0.15, 0.2) is 60.8 Å². The number of allylic oxidation sites excluding steroid dienone is 10. The lowest BCUT2D eigenvalue weighted by Crippen LogP contribution is -2.27. The molecule has 2 unspecified atom stereocenters. The minimum Gasteiger partial charge on any atom is -0.463 e. The van der Waals surface area contributed by atoms with Crippen LogP contribution in [0.2, 0.25) is 0 Å². The van der Waals surface area contributed by atoms with E-state index in [1.165, 1.54) is 0 Å². The molecule has 0 fully saturated rings. The first kappa shape index (κ1) is 44.7. The second kappa shape index (κ2) is 33.6. The van der Waals surface area contributed by atoms with E-state index in [1.54, 1.807) is 0 Å². The lowest BCUT2D eigenvalue weighted by atomic mass is 10.1. The van der Waals surface area contributed by atoms with Crippen LogP contribution in [-0.2, 0) is 27.9 Å². The van der Waals surface area contributed by atoms with E-state index in [2.05, 4.69) is 79.9 Å². The molecule has 0 rings (SSSR count). The van der Waals surface area contributed by atoms with Crippen LogP contribution in [-0.4, -0.2) is 54.3 Å². The van der Waals surface area contributed by atoms with Crippen LogP contribution in [0.25, 0.3) is 0 Å². The van der Waals surface area contributed by atoms with Crippen molar-refractivity contribution in [3.05, 3.63) is 60.8 Å². The van der Waals surface area contributed by atoms with Crippen molar-refractivity contribution in [3.63, 3.8) is 0 Å². The fourth-order valence-corrected chi connectivity index (χ4v) is 5.04. The maximum atomic E-state index is 12.0. The van der Waals surface area contributed by atoms with Crippen molar-refractivity contribution in [1.82, 2.24) is 5.32 Å². The number of hydrogen-bond acceptors (Lipinski definition) is 7. The minimum atomic E-state index is -4.41. The molecule has 0 saturated carbocycles. The third kappa shape index (κ3) is 34.9. The third-order valence-corrected chi connectivity index (χ3v) is 7.95. The number of hydrogen-bond donors (Lipinski definition) is 3. The van der Waals surface area contributed by atoms with Crippen LogP contribution in [0.4, 0.5) is 0 Å². The highest BCUT2D eigenvalue weighted by atomic mass is 31.2. The topological polar surface area (TPSA) is 131 Å². The van der Waals surface area contributed by atoms with Gasteiger partial charge in [0.2, 0.25) is 5.91 Å². The van der Waals surface area contributed by atoms with E-state index >= 15 is 0 Å². The number of aliphatic hydroxyl groups excluding tert-OH is 1. The summed E-state index contributed by atoms with van der Waals surface area (Å²) in [7, 11) is -4.41. The van der Waals surface area contributed by atoms with Crippen LogP contribution in [0.3, 0.4) is 0 Å². The Kier molecular flexibility index (Phi) is 32.0. The van der Waals surface area contributed by atoms with Gasteiger partial charge in [-0.25, -0.2) is 4.57 Å². The molecule has 0 saturated heterocycles. The number of carbonyl (C=O) groups excluding carboxylic acids is 2. The van der Waals surface area contributed by atoms with Crippen LogP contribution in [0, 0.1) is 0 Å². The summed E-state index contributed by atoms with van der Waals surface area (Å²) < 4.78 is 26.5. The summed E-state index contributed by atoms with van der Waals surface area (Å²) in [5.41, 5.74) is 0. The van der Waals surface area contributed by atoms with Crippen LogP contribution < -0.4 is 5.32 Å². The first-order valence-corrected chi connectivity index (χ1v) is 19.3. The highest BCUT2D eigenvalue weighted by Crippen LogP contribution is 2.42. The molecule has 9 nitrogen and oxygen atoms in total. The van der Waals surface area contributed by atoms with E-state index in [4.69, 9.17) is 13.8 Å². The Balaban J connectivity index is 3.66. The van der Waals surface area contributed by atoms with Gasteiger partial charge in [0.1, 0.15) is 12.7 Å². The summed E-state index contributed by atoms with van der Waals surface area (Å²) in [6, 6.07) is 0. The van der Waals surface area contributed by atoms with Crippen molar-refractivity contribution in [2.45, 2.75) is 136 Å². The van der Waals surface area contributed by atoms with Gasteiger partial charge in [-0.15, -0.1) is 0 Å². The maximum Gasteiger partial charge on any atom is 0.472 e. The third-order valence-electron chi connectivity index (χ3n) is 6.96. The molecule has 3 N–H and O–H groups in total. The zero-order valence-corrected chi connectivity index (χ0v) is 30.1. The molecule has 0 aromatic rings. The van der Waals surface area contributed by atoms with Crippen LogP contribution in [0.5, 0.6) is 0 Å². The van der Waals surface area contributed by atoms with E-state index in [0.717, 1.165) is 103 Å². The summed E-state index contributed by atoms with van der Waals surface area (Å²) >= 11 is 0. The Morgan fingerprint density at radius 3 is 1.83 bits per heavy atom. The van der Waals surface area contributed by atoms with Gasteiger partial charge in [0.05, 0.1) is 13.2 Å². The van der Waals surface area contributed by atoms with E-state index in [1.807, 2.05) is 0 Å². The maximum absolute atomic E-state index is 12.0. The summed E-state index contributed by atoms with van der Waals surface area (Å²) in [5, 5.41) is 12.5. The Labute approximate surface area is 285 Å². The summed E-state index contributed by atoms with van der Waals surface area (Å²) in [4.78, 5) is 33.4. The molecule has 0 aliphatic rings. The fourth-order valence-electron chi connectivity index (χ4n) is 4.29. The Hall–Kier alpha value is -2.29. The number of ether oxygens (including phenoxy) is 1. The van der Waals surface area contributed by atoms with Gasteiger partial charge in [0.15, 0.2) is 0 Å². The van der Waals surface area contributed by atoms with Crippen molar-refractivity contribution in [1.29, 1.82) is 0 Å². The quantitative estimate of drug-likeness (QED) is 0.0278. The zero-order chi connectivity index (χ0) is 34.7.